The summed E-state index contributed by atoms with van der Waals surface area (Å²) in [6.07, 6.45) is 1.32. The Morgan fingerprint density at radius 2 is 2.00 bits per heavy atom. The highest BCUT2D eigenvalue weighted by atomic mass is 19.1. The Morgan fingerprint density at radius 3 is 2.64 bits per heavy atom. The van der Waals surface area contributed by atoms with Gasteiger partial charge in [0.05, 0.1) is 6.61 Å². The molecular weight excluding hydrogens is 321 g/mol. The van der Waals surface area contributed by atoms with Gasteiger partial charge in [-0.15, -0.1) is 0 Å². The SMILES string of the molecule is CC(Oc1cccc(CO)c1)C(=O)NCC1(c2ccc(F)cc2)CC1. The fourth-order valence-corrected chi connectivity index (χ4v) is 2.90. The Labute approximate surface area is 146 Å². The second kappa shape index (κ2) is 7.23. The van der Waals surface area contributed by atoms with E-state index in [0.717, 1.165) is 24.0 Å². The molecule has 0 spiro atoms. The zero-order valence-electron chi connectivity index (χ0n) is 14.2. The molecule has 4 nitrogen and oxygen atoms in total. The average molecular weight is 343 g/mol. The first-order chi connectivity index (χ1) is 12.0. The molecule has 2 aromatic rings. The van der Waals surface area contributed by atoms with E-state index in [1.165, 1.54) is 12.1 Å². The van der Waals surface area contributed by atoms with Crippen LogP contribution in [0.4, 0.5) is 4.39 Å². The van der Waals surface area contributed by atoms with E-state index in [4.69, 9.17) is 9.84 Å². The van der Waals surface area contributed by atoms with Crippen LogP contribution in [-0.2, 0) is 16.8 Å². The van der Waals surface area contributed by atoms with E-state index in [1.54, 1.807) is 43.3 Å². The van der Waals surface area contributed by atoms with Crippen molar-refractivity contribution in [1.29, 1.82) is 0 Å². The molecule has 0 radical (unpaired) electrons. The smallest absolute Gasteiger partial charge is 0.260 e. The summed E-state index contributed by atoms with van der Waals surface area (Å²) in [7, 11) is 0. The molecular formula is C20H22FNO3. The Morgan fingerprint density at radius 1 is 1.28 bits per heavy atom. The zero-order chi connectivity index (χ0) is 17.9. The van der Waals surface area contributed by atoms with Gasteiger partial charge >= 0.3 is 0 Å². The third-order valence-electron chi connectivity index (χ3n) is 4.67. The fraction of sp³-hybridized carbons (Fsp3) is 0.350. The van der Waals surface area contributed by atoms with Gasteiger partial charge in [-0.2, -0.15) is 0 Å². The van der Waals surface area contributed by atoms with Gasteiger partial charge < -0.3 is 15.2 Å². The molecule has 1 aliphatic carbocycles. The predicted molar refractivity (Wildman–Crippen MR) is 92.8 cm³/mol. The zero-order valence-corrected chi connectivity index (χ0v) is 14.2. The fourth-order valence-electron chi connectivity index (χ4n) is 2.90. The van der Waals surface area contributed by atoms with Crippen LogP contribution in [0, 0.1) is 5.82 Å². The largest absolute Gasteiger partial charge is 0.481 e. The van der Waals surface area contributed by atoms with Crippen molar-refractivity contribution >= 4 is 5.91 Å². The van der Waals surface area contributed by atoms with Gasteiger partial charge in [-0.05, 0) is 55.2 Å². The second-order valence-corrected chi connectivity index (χ2v) is 6.57. The number of hydrogen-bond donors (Lipinski definition) is 2. The monoisotopic (exact) mass is 343 g/mol. The highest BCUT2D eigenvalue weighted by Crippen LogP contribution is 2.47. The van der Waals surface area contributed by atoms with Crippen LogP contribution in [0.1, 0.15) is 30.9 Å². The molecule has 0 saturated heterocycles. The van der Waals surface area contributed by atoms with Crippen molar-refractivity contribution in [2.75, 3.05) is 6.54 Å². The molecule has 0 heterocycles. The minimum absolute atomic E-state index is 0.0715. The number of hydrogen-bond acceptors (Lipinski definition) is 3. The molecule has 1 atom stereocenters. The molecule has 25 heavy (non-hydrogen) atoms. The lowest BCUT2D eigenvalue weighted by Gasteiger charge is -2.19. The molecule has 1 unspecified atom stereocenters. The molecule has 1 fully saturated rings. The van der Waals surface area contributed by atoms with Crippen molar-refractivity contribution in [2.24, 2.45) is 0 Å². The number of aliphatic hydroxyl groups excluding tert-OH is 1. The third kappa shape index (κ3) is 4.17. The van der Waals surface area contributed by atoms with Crippen molar-refractivity contribution in [3.63, 3.8) is 0 Å². The van der Waals surface area contributed by atoms with Crippen molar-refractivity contribution in [2.45, 2.75) is 37.9 Å². The van der Waals surface area contributed by atoms with Crippen LogP contribution in [0.15, 0.2) is 48.5 Å². The lowest BCUT2D eigenvalue weighted by molar-refractivity contribution is -0.127. The lowest BCUT2D eigenvalue weighted by atomic mass is 9.96. The number of nitrogens with one attached hydrogen (secondary N) is 1. The standard InChI is InChI=1S/C20H22FNO3/c1-14(25-18-4-2-3-15(11-18)12-23)19(24)22-13-20(9-10-20)16-5-7-17(21)8-6-16/h2-8,11,14,23H,9-10,12-13H2,1H3,(H,22,24). The van der Waals surface area contributed by atoms with Gasteiger partial charge in [0.2, 0.25) is 0 Å². The van der Waals surface area contributed by atoms with Crippen LogP contribution in [0.5, 0.6) is 5.75 Å². The summed E-state index contributed by atoms with van der Waals surface area (Å²) < 4.78 is 18.7. The van der Waals surface area contributed by atoms with E-state index < -0.39 is 6.10 Å². The first-order valence-corrected chi connectivity index (χ1v) is 8.43. The molecule has 0 bridgehead atoms. The van der Waals surface area contributed by atoms with Gasteiger partial charge in [-0.25, -0.2) is 4.39 Å². The summed E-state index contributed by atoms with van der Waals surface area (Å²) in [6, 6.07) is 13.5. The summed E-state index contributed by atoms with van der Waals surface area (Å²) in [6.45, 7) is 2.14. The van der Waals surface area contributed by atoms with Crippen LogP contribution in [0.2, 0.25) is 0 Å². The number of carbonyl (C=O) groups excluding carboxylic acids is 1. The van der Waals surface area contributed by atoms with Crippen LogP contribution >= 0.6 is 0 Å². The molecule has 1 saturated carbocycles. The number of amides is 1. The van der Waals surface area contributed by atoms with E-state index in [0.29, 0.717) is 12.3 Å². The highest BCUT2D eigenvalue weighted by molar-refractivity contribution is 5.80. The first kappa shape index (κ1) is 17.4. The number of carbonyl (C=O) groups is 1. The van der Waals surface area contributed by atoms with Crippen LogP contribution in [-0.4, -0.2) is 23.7 Å². The van der Waals surface area contributed by atoms with Crippen LogP contribution in [0.25, 0.3) is 0 Å². The van der Waals surface area contributed by atoms with Gasteiger partial charge in [0, 0.05) is 12.0 Å². The summed E-state index contributed by atoms with van der Waals surface area (Å²) in [4.78, 5) is 12.3. The van der Waals surface area contributed by atoms with E-state index >= 15 is 0 Å². The molecule has 1 aliphatic rings. The van der Waals surface area contributed by atoms with Crippen molar-refractivity contribution in [1.82, 2.24) is 5.32 Å². The maximum atomic E-state index is 13.1. The van der Waals surface area contributed by atoms with E-state index in [1.807, 2.05) is 0 Å². The van der Waals surface area contributed by atoms with Gasteiger partial charge in [-0.1, -0.05) is 24.3 Å². The van der Waals surface area contributed by atoms with Crippen molar-refractivity contribution in [3.05, 3.63) is 65.5 Å². The van der Waals surface area contributed by atoms with Gasteiger partial charge in [-0.3, -0.25) is 4.79 Å². The first-order valence-electron chi connectivity index (χ1n) is 8.43. The molecule has 2 aromatic carbocycles. The van der Waals surface area contributed by atoms with Gasteiger partial charge in [0.15, 0.2) is 6.10 Å². The molecule has 2 N–H and O–H groups in total. The molecule has 5 heteroatoms. The predicted octanol–water partition coefficient (Wildman–Crippen LogP) is 2.93. The van der Waals surface area contributed by atoms with Crippen LogP contribution in [0.3, 0.4) is 0 Å². The van der Waals surface area contributed by atoms with E-state index in [-0.39, 0.29) is 23.7 Å². The Balaban J connectivity index is 1.56. The van der Waals surface area contributed by atoms with Gasteiger partial charge in [0.25, 0.3) is 5.91 Å². The van der Waals surface area contributed by atoms with E-state index in [2.05, 4.69) is 5.32 Å². The number of aliphatic hydroxyl groups is 1. The Kier molecular flexibility index (Phi) is 5.04. The molecule has 0 aliphatic heterocycles. The Hall–Kier alpha value is -2.40. The minimum atomic E-state index is -0.641. The van der Waals surface area contributed by atoms with Crippen molar-refractivity contribution < 1.29 is 19.0 Å². The molecule has 0 aromatic heterocycles. The topological polar surface area (TPSA) is 58.6 Å². The van der Waals surface area contributed by atoms with Crippen LogP contribution < -0.4 is 10.1 Å². The number of rotatable bonds is 7. The second-order valence-electron chi connectivity index (χ2n) is 6.57. The Bertz CT molecular complexity index is 741. The third-order valence-corrected chi connectivity index (χ3v) is 4.67. The summed E-state index contributed by atoms with van der Waals surface area (Å²) in [5, 5.41) is 12.1. The summed E-state index contributed by atoms with van der Waals surface area (Å²) >= 11 is 0. The van der Waals surface area contributed by atoms with Gasteiger partial charge in [0.1, 0.15) is 11.6 Å². The highest BCUT2D eigenvalue weighted by Gasteiger charge is 2.44. The maximum Gasteiger partial charge on any atom is 0.260 e. The average Bonchev–Trinajstić information content (AvgIpc) is 3.41. The molecule has 3 rings (SSSR count). The normalized spacial score (nSPS) is 16.1. The summed E-state index contributed by atoms with van der Waals surface area (Å²) in [5.74, 6) is 0.104. The number of ether oxygens (including phenoxy) is 1. The maximum absolute atomic E-state index is 13.1. The van der Waals surface area contributed by atoms with E-state index in [9.17, 15) is 9.18 Å². The minimum Gasteiger partial charge on any atom is -0.481 e. The quantitative estimate of drug-likeness (QED) is 0.813. The number of benzene rings is 2. The lowest BCUT2D eigenvalue weighted by Crippen LogP contribution is -2.40. The summed E-state index contributed by atoms with van der Waals surface area (Å²) in [5.41, 5.74) is 1.71. The molecule has 1 amide bonds. The molecule has 132 valence electrons. The number of halogens is 1. The van der Waals surface area contributed by atoms with Crippen molar-refractivity contribution in [3.8, 4) is 5.75 Å².